The zero-order valence-corrected chi connectivity index (χ0v) is 17.5. The quantitative estimate of drug-likeness (QED) is 0.501. The fourth-order valence-corrected chi connectivity index (χ4v) is 3.98. The predicted octanol–water partition coefficient (Wildman–Crippen LogP) is 3.96. The molecule has 0 atom stereocenters. The summed E-state index contributed by atoms with van der Waals surface area (Å²) in [6.07, 6.45) is 0. The molecule has 0 unspecified atom stereocenters. The van der Waals surface area contributed by atoms with E-state index in [-0.39, 0.29) is 5.91 Å². The van der Waals surface area contributed by atoms with Crippen molar-refractivity contribution < 1.29 is 18.7 Å². The van der Waals surface area contributed by atoms with Crippen LogP contribution in [0, 0.1) is 0 Å². The van der Waals surface area contributed by atoms with Crippen molar-refractivity contribution in [2.75, 3.05) is 45.3 Å². The van der Waals surface area contributed by atoms with Crippen LogP contribution in [0.25, 0.3) is 22.0 Å². The van der Waals surface area contributed by atoms with Crippen LogP contribution in [0.4, 0.5) is 5.69 Å². The molecule has 2 aromatic heterocycles. The molecule has 2 aromatic carbocycles. The fourth-order valence-electron chi connectivity index (χ4n) is 3.98. The number of ether oxygens (including phenoxy) is 2. The molecule has 0 aliphatic carbocycles. The summed E-state index contributed by atoms with van der Waals surface area (Å²) >= 11 is 0. The van der Waals surface area contributed by atoms with Crippen molar-refractivity contribution >= 4 is 33.6 Å². The molecule has 0 saturated carbocycles. The van der Waals surface area contributed by atoms with Gasteiger partial charge in [-0.2, -0.15) is 0 Å². The Kier molecular flexibility index (Phi) is 4.86. The van der Waals surface area contributed by atoms with E-state index in [1.165, 1.54) is 0 Å². The summed E-state index contributed by atoms with van der Waals surface area (Å²) in [5, 5.41) is 1.75. The number of anilines is 1. The van der Waals surface area contributed by atoms with Gasteiger partial charge in [0.05, 0.1) is 19.7 Å². The first kappa shape index (κ1) is 19.2. The molecule has 7 heteroatoms. The molecule has 0 bridgehead atoms. The molecule has 0 spiro atoms. The van der Waals surface area contributed by atoms with E-state index < -0.39 is 0 Å². The lowest BCUT2D eigenvalue weighted by molar-refractivity contribution is 0.0717. The van der Waals surface area contributed by atoms with Gasteiger partial charge in [-0.1, -0.05) is 6.07 Å². The number of hydrogen-bond donors (Lipinski definition) is 0. The topological polar surface area (TPSA) is 68.0 Å². The van der Waals surface area contributed by atoms with E-state index in [2.05, 4.69) is 16.0 Å². The molecule has 7 nitrogen and oxygen atoms in total. The van der Waals surface area contributed by atoms with Gasteiger partial charge in [0.25, 0.3) is 5.91 Å². The van der Waals surface area contributed by atoms with Gasteiger partial charge in [0, 0.05) is 48.7 Å². The maximum atomic E-state index is 13.1. The molecule has 4 aromatic rings. The second-order valence-electron chi connectivity index (χ2n) is 7.53. The summed E-state index contributed by atoms with van der Waals surface area (Å²) in [5.74, 6) is 1.81. The summed E-state index contributed by atoms with van der Waals surface area (Å²) in [6.45, 7) is 2.75. The first-order chi connectivity index (χ1) is 15.1. The SMILES string of the molecule is COc1cccc(N2CCN(C(=O)c3cc4cc5cc(OC)ccc5nc4o3)CC2)c1. The Labute approximate surface area is 179 Å². The minimum absolute atomic E-state index is 0.107. The van der Waals surface area contributed by atoms with Crippen LogP contribution in [0.1, 0.15) is 10.6 Å². The van der Waals surface area contributed by atoms with Crippen LogP contribution in [-0.2, 0) is 0 Å². The predicted molar refractivity (Wildman–Crippen MR) is 119 cm³/mol. The maximum Gasteiger partial charge on any atom is 0.289 e. The van der Waals surface area contributed by atoms with Gasteiger partial charge in [0.1, 0.15) is 11.5 Å². The molecule has 1 aliphatic heterocycles. The van der Waals surface area contributed by atoms with E-state index in [1.54, 1.807) is 20.3 Å². The Bertz CT molecular complexity index is 1260. The van der Waals surface area contributed by atoms with Crippen molar-refractivity contribution in [2.45, 2.75) is 0 Å². The van der Waals surface area contributed by atoms with Crippen molar-refractivity contribution in [3.05, 3.63) is 60.4 Å². The van der Waals surface area contributed by atoms with Crippen molar-refractivity contribution in [3.63, 3.8) is 0 Å². The van der Waals surface area contributed by atoms with Gasteiger partial charge in [-0.15, -0.1) is 0 Å². The largest absolute Gasteiger partial charge is 0.497 e. The van der Waals surface area contributed by atoms with Gasteiger partial charge < -0.3 is 23.7 Å². The van der Waals surface area contributed by atoms with Crippen molar-refractivity contribution in [1.29, 1.82) is 0 Å². The highest BCUT2D eigenvalue weighted by molar-refractivity contribution is 5.98. The minimum Gasteiger partial charge on any atom is -0.497 e. The highest BCUT2D eigenvalue weighted by Crippen LogP contribution is 2.27. The number of methoxy groups -OCH3 is 2. The summed E-state index contributed by atoms with van der Waals surface area (Å²) in [6, 6.07) is 17.4. The number of aromatic nitrogens is 1. The van der Waals surface area contributed by atoms with Gasteiger partial charge in [-0.3, -0.25) is 4.79 Å². The zero-order valence-electron chi connectivity index (χ0n) is 17.5. The molecule has 3 heterocycles. The van der Waals surface area contributed by atoms with E-state index >= 15 is 0 Å². The molecule has 1 amide bonds. The number of benzene rings is 2. The van der Waals surface area contributed by atoms with Gasteiger partial charge in [0.2, 0.25) is 5.71 Å². The van der Waals surface area contributed by atoms with Gasteiger partial charge in [-0.25, -0.2) is 4.98 Å². The van der Waals surface area contributed by atoms with E-state index in [0.717, 1.165) is 46.6 Å². The van der Waals surface area contributed by atoms with E-state index in [0.29, 0.717) is 24.6 Å². The molecule has 0 N–H and O–H groups in total. The monoisotopic (exact) mass is 417 g/mol. The third-order valence-corrected chi connectivity index (χ3v) is 5.70. The number of amides is 1. The summed E-state index contributed by atoms with van der Waals surface area (Å²) in [7, 11) is 3.30. The second kappa shape index (κ2) is 7.83. The minimum atomic E-state index is -0.107. The molecular weight excluding hydrogens is 394 g/mol. The van der Waals surface area contributed by atoms with Crippen LogP contribution in [0.2, 0.25) is 0 Å². The van der Waals surface area contributed by atoms with Crippen molar-refractivity contribution in [2.24, 2.45) is 0 Å². The highest BCUT2D eigenvalue weighted by Gasteiger charge is 2.25. The lowest BCUT2D eigenvalue weighted by atomic mass is 10.2. The number of rotatable bonds is 4. The van der Waals surface area contributed by atoms with Crippen LogP contribution in [0.15, 0.2) is 59.0 Å². The Morgan fingerprint density at radius 3 is 2.45 bits per heavy atom. The molecule has 1 aliphatic rings. The first-order valence-electron chi connectivity index (χ1n) is 10.2. The lowest BCUT2D eigenvalue weighted by Crippen LogP contribution is -2.48. The van der Waals surface area contributed by atoms with E-state index in [9.17, 15) is 4.79 Å². The van der Waals surface area contributed by atoms with Gasteiger partial charge >= 0.3 is 0 Å². The van der Waals surface area contributed by atoms with Gasteiger partial charge in [-0.05, 0) is 42.5 Å². The average molecular weight is 417 g/mol. The summed E-state index contributed by atoms with van der Waals surface area (Å²) in [4.78, 5) is 21.7. The number of fused-ring (bicyclic) bond motifs is 2. The highest BCUT2D eigenvalue weighted by atomic mass is 16.5. The third kappa shape index (κ3) is 3.63. The number of carbonyl (C=O) groups excluding carboxylic acids is 1. The third-order valence-electron chi connectivity index (χ3n) is 5.70. The molecule has 31 heavy (non-hydrogen) atoms. The smallest absolute Gasteiger partial charge is 0.289 e. The molecule has 1 saturated heterocycles. The maximum absolute atomic E-state index is 13.1. The Hall–Kier alpha value is -3.74. The average Bonchev–Trinajstić information content (AvgIpc) is 3.24. The molecule has 0 radical (unpaired) electrons. The van der Waals surface area contributed by atoms with Crippen LogP contribution >= 0.6 is 0 Å². The second-order valence-corrected chi connectivity index (χ2v) is 7.53. The Balaban J connectivity index is 1.33. The van der Waals surface area contributed by atoms with Crippen LogP contribution in [-0.4, -0.2) is 56.2 Å². The molecule has 5 rings (SSSR count). The Morgan fingerprint density at radius 2 is 1.68 bits per heavy atom. The number of hydrogen-bond acceptors (Lipinski definition) is 6. The standard InChI is InChI=1S/C24H23N3O4/c1-29-19-5-3-4-18(15-19)26-8-10-27(11-9-26)24(28)22-14-17-12-16-13-20(30-2)6-7-21(16)25-23(17)31-22/h3-7,12-15H,8-11H2,1-2H3. The molecule has 158 valence electrons. The number of pyridine rings is 1. The number of furan rings is 1. The van der Waals surface area contributed by atoms with Crippen molar-refractivity contribution in [3.8, 4) is 11.5 Å². The summed E-state index contributed by atoms with van der Waals surface area (Å²) < 4.78 is 16.4. The van der Waals surface area contributed by atoms with E-state index in [4.69, 9.17) is 13.9 Å². The zero-order chi connectivity index (χ0) is 21.4. The number of nitrogens with zero attached hydrogens (tertiary/aromatic N) is 3. The van der Waals surface area contributed by atoms with Crippen LogP contribution in [0.3, 0.4) is 0 Å². The van der Waals surface area contributed by atoms with Crippen LogP contribution < -0.4 is 14.4 Å². The summed E-state index contributed by atoms with van der Waals surface area (Å²) in [5.41, 5.74) is 2.37. The normalized spacial score (nSPS) is 14.3. The fraction of sp³-hybridized carbons (Fsp3) is 0.250. The van der Waals surface area contributed by atoms with Crippen LogP contribution in [0.5, 0.6) is 11.5 Å². The first-order valence-corrected chi connectivity index (χ1v) is 10.2. The van der Waals surface area contributed by atoms with Gasteiger partial charge in [0.15, 0.2) is 5.76 Å². The molecular formula is C24H23N3O4. The van der Waals surface area contributed by atoms with Crippen molar-refractivity contribution in [1.82, 2.24) is 9.88 Å². The lowest BCUT2D eigenvalue weighted by Gasteiger charge is -2.35. The number of carbonyl (C=O) groups is 1. The van der Waals surface area contributed by atoms with E-state index in [1.807, 2.05) is 47.4 Å². The molecule has 1 fully saturated rings. The number of piperazine rings is 1. The Morgan fingerprint density at radius 1 is 0.903 bits per heavy atom.